The summed E-state index contributed by atoms with van der Waals surface area (Å²) < 4.78 is 7.04. The number of carbonyl (C=O) groups is 1. The van der Waals surface area contributed by atoms with Crippen molar-refractivity contribution >= 4 is 17.6 Å². The van der Waals surface area contributed by atoms with Crippen molar-refractivity contribution in [1.82, 2.24) is 9.78 Å². The van der Waals surface area contributed by atoms with Crippen LogP contribution in [0.5, 0.6) is 0 Å². The maximum atomic E-state index is 13.0. The molecule has 0 bridgehead atoms. The topological polar surface area (TPSA) is 44.1 Å². The van der Waals surface area contributed by atoms with E-state index in [0.29, 0.717) is 22.0 Å². The highest BCUT2D eigenvalue weighted by Crippen LogP contribution is 2.38. The molecule has 0 saturated heterocycles. The van der Waals surface area contributed by atoms with Crippen LogP contribution in [0.25, 0.3) is 28.1 Å². The second-order valence-electron chi connectivity index (χ2n) is 6.39. The summed E-state index contributed by atoms with van der Waals surface area (Å²) in [6.07, 6.45) is 0. The van der Waals surface area contributed by atoms with E-state index in [9.17, 15) is 4.79 Å². The molecule has 0 saturated carbocycles. The average molecular weight is 403 g/mol. The number of para-hydroxylation sites is 1. The standard InChI is InChI=1S/C24H19ClN2O2/c1-2-29-24(28)23-21(17-11-5-3-6-12-17)22(19-15-9-10-16-20(19)25)26-27(23)18-13-7-4-8-14-18/h3-16H,2H2,1H3. The Morgan fingerprint density at radius 1 is 0.931 bits per heavy atom. The lowest BCUT2D eigenvalue weighted by atomic mass is 9.98. The second-order valence-corrected chi connectivity index (χ2v) is 6.79. The Kier molecular flexibility index (Phi) is 5.45. The van der Waals surface area contributed by atoms with Crippen LogP contribution in [0.2, 0.25) is 5.02 Å². The molecule has 4 rings (SSSR count). The van der Waals surface area contributed by atoms with Crippen LogP contribution in [-0.4, -0.2) is 22.4 Å². The molecule has 0 fully saturated rings. The summed E-state index contributed by atoms with van der Waals surface area (Å²) in [5.74, 6) is -0.430. The zero-order valence-electron chi connectivity index (χ0n) is 15.9. The summed E-state index contributed by atoms with van der Waals surface area (Å²) in [4.78, 5) is 13.0. The molecule has 3 aromatic carbocycles. The van der Waals surface area contributed by atoms with Gasteiger partial charge in [0.2, 0.25) is 0 Å². The van der Waals surface area contributed by atoms with E-state index in [2.05, 4.69) is 0 Å². The Labute approximate surface area is 174 Å². The number of nitrogens with zero attached hydrogens (tertiary/aromatic N) is 2. The summed E-state index contributed by atoms with van der Waals surface area (Å²) in [5.41, 5.74) is 4.10. The van der Waals surface area contributed by atoms with Crippen molar-refractivity contribution in [3.05, 3.63) is 95.6 Å². The molecule has 0 N–H and O–H groups in total. The van der Waals surface area contributed by atoms with E-state index < -0.39 is 5.97 Å². The van der Waals surface area contributed by atoms with Gasteiger partial charge in [0, 0.05) is 11.1 Å². The molecule has 0 amide bonds. The fourth-order valence-corrected chi connectivity index (χ4v) is 3.51. The van der Waals surface area contributed by atoms with Crippen molar-refractivity contribution in [2.45, 2.75) is 6.92 Å². The molecule has 4 nitrogen and oxygen atoms in total. The summed E-state index contributed by atoms with van der Waals surface area (Å²) in [6, 6.07) is 26.7. The van der Waals surface area contributed by atoms with Gasteiger partial charge >= 0.3 is 5.97 Å². The van der Waals surface area contributed by atoms with Gasteiger partial charge in [-0.2, -0.15) is 5.10 Å². The summed E-state index contributed by atoms with van der Waals surface area (Å²) in [6.45, 7) is 2.06. The van der Waals surface area contributed by atoms with Crippen molar-refractivity contribution < 1.29 is 9.53 Å². The summed E-state index contributed by atoms with van der Waals surface area (Å²) in [7, 11) is 0. The van der Waals surface area contributed by atoms with Crippen LogP contribution in [0.1, 0.15) is 17.4 Å². The highest BCUT2D eigenvalue weighted by molar-refractivity contribution is 6.33. The summed E-state index contributed by atoms with van der Waals surface area (Å²) >= 11 is 6.50. The maximum Gasteiger partial charge on any atom is 0.357 e. The van der Waals surface area contributed by atoms with Crippen LogP contribution >= 0.6 is 11.6 Å². The Balaban J connectivity index is 2.08. The van der Waals surface area contributed by atoms with Crippen molar-refractivity contribution in [3.63, 3.8) is 0 Å². The third-order valence-electron chi connectivity index (χ3n) is 4.55. The molecular weight excluding hydrogens is 384 g/mol. The van der Waals surface area contributed by atoms with Gasteiger partial charge in [-0.15, -0.1) is 0 Å². The predicted octanol–water partition coefficient (Wildman–Crippen LogP) is 6.04. The molecule has 1 aromatic heterocycles. The normalized spacial score (nSPS) is 10.7. The van der Waals surface area contributed by atoms with Gasteiger partial charge in [0.15, 0.2) is 5.69 Å². The van der Waals surface area contributed by atoms with Crippen LogP contribution in [-0.2, 0) is 4.74 Å². The Morgan fingerprint density at radius 3 is 2.21 bits per heavy atom. The molecule has 0 aliphatic rings. The van der Waals surface area contributed by atoms with E-state index >= 15 is 0 Å². The highest BCUT2D eigenvalue weighted by Gasteiger charge is 2.28. The third-order valence-corrected chi connectivity index (χ3v) is 4.88. The second kappa shape index (κ2) is 8.33. The first-order valence-electron chi connectivity index (χ1n) is 9.36. The molecule has 0 radical (unpaired) electrons. The number of rotatable bonds is 5. The third kappa shape index (κ3) is 3.67. The largest absolute Gasteiger partial charge is 0.461 e. The van der Waals surface area contributed by atoms with Gasteiger partial charge in [-0.25, -0.2) is 9.48 Å². The molecule has 29 heavy (non-hydrogen) atoms. The molecule has 0 aliphatic carbocycles. The molecule has 144 valence electrons. The fourth-order valence-electron chi connectivity index (χ4n) is 3.28. The SMILES string of the molecule is CCOC(=O)c1c(-c2ccccc2)c(-c2ccccc2Cl)nn1-c1ccccc1. The van der Waals surface area contributed by atoms with Gasteiger partial charge in [-0.05, 0) is 30.7 Å². The first-order valence-corrected chi connectivity index (χ1v) is 9.74. The minimum absolute atomic E-state index is 0.272. The van der Waals surface area contributed by atoms with Gasteiger partial charge in [-0.3, -0.25) is 0 Å². The Bertz CT molecular complexity index is 1140. The van der Waals surface area contributed by atoms with Crippen molar-refractivity contribution in [3.8, 4) is 28.1 Å². The van der Waals surface area contributed by atoms with Crippen molar-refractivity contribution in [1.29, 1.82) is 0 Å². The minimum atomic E-state index is -0.430. The minimum Gasteiger partial charge on any atom is -0.461 e. The van der Waals surface area contributed by atoms with E-state index in [1.54, 1.807) is 11.6 Å². The van der Waals surface area contributed by atoms with E-state index in [4.69, 9.17) is 21.4 Å². The monoisotopic (exact) mass is 402 g/mol. The van der Waals surface area contributed by atoms with Crippen LogP contribution in [0, 0.1) is 0 Å². The van der Waals surface area contributed by atoms with Crippen molar-refractivity contribution in [2.24, 2.45) is 0 Å². The van der Waals surface area contributed by atoms with Crippen LogP contribution < -0.4 is 0 Å². The van der Waals surface area contributed by atoms with Crippen LogP contribution in [0.4, 0.5) is 0 Å². The Hall–Kier alpha value is -3.37. The maximum absolute atomic E-state index is 13.0. The quantitative estimate of drug-likeness (QED) is 0.382. The lowest BCUT2D eigenvalue weighted by Crippen LogP contribution is -2.13. The fraction of sp³-hybridized carbons (Fsp3) is 0.0833. The predicted molar refractivity (Wildman–Crippen MR) is 115 cm³/mol. The average Bonchev–Trinajstić information content (AvgIpc) is 3.16. The van der Waals surface area contributed by atoms with Gasteiger partial charge < -0.3 is 4.74 Å². The van der Waals surface area contributed by atoms with Crippen LogP contribution in [0.15, 0.2) is 84.9 Å². The highest BCUT2D eigenvalue weighted by atomic mass is 35.5. The van der Waals surface area contributed by atoms with Crippen LogP contribution in [0.3, 0.4) is 0 Å². The molecule has 0 unspecified atom stereocenters. The molecule has 0 atom stereocenters. The van der Waals surface area contributed by atoms with E-state index in [0.717, 1.165) is 16.8 Å². The van der Waals surface area contributed by atoms with E-state index in [-0.39, 0.29) is 6.61 Å². The summed E-state index contributed by atoms with van der Waals surface area (Å²) in [5, 5.41) is 5.39. The number of halogens is 1. The molecule has 5 heteroatoms. The van der Waals surface area contributed by atoms with Gasteiger partial charge in [0.25, 0.3) is 0 Å². The lowest BCUT2D eigenvalue weighted by Gasteiger charge is -2.09. The molecule has 4 aromatic rings. The number of aromatic nitrogens is 2. The first-order chi connectivity index (χ1) is 14.2. The number of ether oxygens (including phenoxy) is 1. The zero-order valence-corrected chi connectivity index (χ0v) is 16.6. The van der Waals surface area contributed by atoms with Gasteiger partial charge in [0.1, 0.15) is 5.69 Å². The molecule has 0 spiro atoms. The van der Waals surface area contributed by atoms with E-state index in [1.807, 2.05) is 84.9 Å². The van der Waals surface area contributed by atoms with Gasteiger partial charge in [-0.1, -0.05) is 78.3 Å². The number of esters is 1. The molecule has 0 aliphatic heterocycles. The number of hydrogen-bond donors (Lipinski definition) is 0. The lowest BCUT2D eigenvalue weighted by molar-refractivity contribution is 0.0516. The molecule has 1 heterocycles. The first kappa shape index (κ1) is 19.0. The zero-order chi connectivity index (χ0) is 20.2. The number of hydrogen-bond acceptors (Lipinski definition) is 3. The van der Waals surface area contributed by atoms with E-state index in [1.165, 1.54) is 0 Å². The van der Waals surface area contributed by atoms with Gasteiger partial charge in [0.05, 0.1) is 17.3 Å². The Morgan fingerprint density at radius 2 is 1.55 bits per heavy atom. The smallest absolute Gasteiger partial charge is 0.357 e. The van der Waals surface area contributed by atoms with Crippen molar-refractivity contribution in [2.75, 3.05) is 6.61 Å². The number of benzene rings is 3. The molecular formula is C24H19ClN2O2. The number of carbonyl (C=O) groups excluding carboxylic acids is 1.